The maximum absolute atomic E-state index is 11.7. The van der Waals surface area contributed by atoms with Gasteiger partial charge in [-0.3, -0.25) is 0 Å². The van der Waals surface area contributed by atoms with Crippen LogP contribution in [0.15, 0.2) is 30.3 Å². The van der Waals surface area contributed by atoms with Crippen LogP contribution in [0.25, 0.3) is 0 Å². The predicted octanol–water partition coefficient (Wildman–Crippen LogP) is 1.43. The van der Waals surface area contributed by atoms with Gasteiger partial charge in [0.05, 0.1) is 12.0 Å². The van der Waals surface area contributed by atoms with Crippen molar-refractivity contribution < 1.29 is 19.4 Å². The smallest absolute Gasteiger partial charge is 0.408 e. The van der Waals surface area contributed by atoms with Crippen molar-refractivity contribution in [2.75, 3.05) is 0 Å². The molecule has 1 rings (SSSR count). The number of carboxylic acids is 1. The number of nitrogens with one attached hydrogen (secondary N) is 1. The summed E-state index contributed by atoms with van der Waals surface area (Å²) in [7, 11) is 0. The molecule has 0 aliphatic carbocycles. The van der Waals surface area contributed by atoms with Gasteiger partial charge in [0.1, 0.15) is 5.60 Å². The maximum atomic E-state index is 11.7. The van der Waals surface area contributed by atoms with E-state index in [-0.39, 0.29) is 0 Å². The number of aliphatic carboxylic acids is 1. The number of carbonyl (C=O) groups excluding carboxylic acids is 2. The average molecular weight is 278 g/mol. The topological polar surface area (TPSA) is 78.5 Å². The molecule has 0 aromatic heterocycles. The molecule has 5 heteroatoms. The van der Waals surface area contributed by atoms with E-state index in [2.05, 4.69) is 5.32 Å². The highest BCUT2D eigenvalue weighted by Gasteiger charge is 2.25. The molecular weight excluding hydrogens is 258 g/mol. The van der Waals surface area contributed by atoms with Crippen LogP contribution in [0, 0.1) is 0 Å². The van der Waals surface area contributed by atoms with Crippen LogP contribution in [0.2, 0.25) is 0 Å². The van der Waals surface area contributed by atoms with E-state index in [1.807, 2.05) is 18.2 Å². The normalized spacial score (nSPS) is 14.2. The largest absolute Gasteiger partial charge is 0.548 e. The fourth-order valence-corrected chi connectivity index (χ4v) is 1.77. The number of carboxylic acid groups (broad SMARTS) is 1. The lowest BCUT2D eigenvalue weighted by atomic mass is 9.93. The molecule has 0 radical (unpaired) electrons. The van der Waals surface area contributed by atoms with Gasteiger partial charge < -0.3 is 20.0 Å². The Morgan fingerprint density at radius 3 is 2.20 bits per heavy atom. The Kier molecular flexibility index (Phi) is 5.13. The third-order valence-electron chi connectivity index (χ3n) is 2.75. The molecule has 0 bridgehead atoms. The molecule has 0 saturated carbocycles. The summed E-state index contributed by atoms with van der Waals surface area (Å²) in [6.45, 7) is 6.84. The standard InChI is InChI=1S/C15H21NO4/c1-10(11-8-6-5-7-9-11)12(13(17)18)16-14(19)20-15(2,3)4/h5-10,12H,1-4H3,(H,16,19)(H,17,18)/p-1/t10-,12+/m0/s1. The van der Waals surface area contributed by atoms with Gasteiger partial charge >= 0.3 is 6.09 Å². The molecule has 0 spiro atoms. The van der Waals surface area contributed by atoms with Gasteiger partial charge in [0.15, 0.2) is 0 Å². The van der Waals surface area contributed by atoms with Crippen molar-refractivity contribution >= 4 is 12.1 Å². The van der Waals surface area contributed by atoms with Crippen LogP contribution in [0.4, 0.5) is 4.79 Å². The van der Waals surface area contributed by atoms with Crippen molar-refractivity contribution in [2.24, 2.45) is 0 Å². The van der Waals surface area contributed by atoms with Gasteiger partial charge in [0, 0.05) is 5.92 Å². The first-order chi connectivity index (χ1) is 9.20. The lowest BCUT2D eigenvalue weighted by Gasteiger charge is -2.28. The summed E-state index contributed by atoms with van der Waals surface area (Å²) < 4.78 is 5.06. The molecule has 1 amide bonds. The van der Waals surface area contributed by atoms with Crippen molar-refractivity contribution in [3.05, 3.63) is 35.9 Å². The number of alkyl carbamates (subject to hydrolysis) is 1. The van der Waals surface area contributed by atoms with E-state index >= 15 is 0 Å². The van der Waals surface area contributed by atoms with Crippen molar-refractivity contribution in [1.29, 1.82) is 0 Å². The Labute approximate surface area is 118 Å². The fraction of sp³-hybridized carbons (Fsp3) is 0.467. The lowest BCUT2D eigenvalue weighted by molar-refractivity contribution is -0.308. The van der Waals surface area contributed by atoms with Crippen molar-refractivity contribution in [3.63, 3.8) is 0 Å². The van der Waals surface area contributed by atoms with Crippen LogP contribution < -0.4 is 10.4 Å². The number of hydrogen-bond donors (Lipinski definition) is 1. The summed E-state index contributed by atoms with van der Waals surface area (Å²) in [5.41, 5.74) is 0.120. The van der Waals surface area contributed by atoms with Crippen LogP contribution in [-0.2, 0) is 9.53 Å². The zero-order valence-electron chi connectivity index (χ0n) is 12.2. The second-order valence-electron chi connectivity index (χ2n) is 5.64. The van der Waals surface area contributed by atoms with E-state index in [0.29, 0.717) is 0 Å². The first-order valence-electron chi connectivity index (χ1n) is 6.46. The van der Waals surface area contributed by atoms with E-state index in [0.717, 1.165) is 5.56 Å². The number of amides is 1. The number of benzene rings is 1. The molecule has 0 aliphatic heterocycles. The second kappa shape index (κ2) is 6.41. The van der Waals surface area contributed by atoms with E-state index in [9.17, 15) is 14.7 Å². The Morgan fingerprint density at radius 1 is 1.20 bits per heavy atom. The van der Waals surface area contributed by atoms with Crippen molar-refractivity contribution in [1.82, 2.24) is 5.32 Å². The predicted molar refractivity (Wildman–Crippen MR) is 73.0 cm³/mol. The highest BCUT2D eigenvalue weighted by atomic mass is 16.6. The SMILES string of the molecule is C[C@@H](c1ccccc1)[C@@H](NC(=O)OC(C)(C)C)C(=O)[O-]. The molecule has 1 aromatic rings. The van der Waals surface area contributed by atoms with Crippen LogP contribution in [0.5, 0.6) is 0 Å². The molecule has 0 aliphatic rings. The fourth-order valence-electron chi connectivity index (χ4n) is 1.77. The van der Waals surface area contributed by atoms with E-state index in [4.69, 9.17) is 4.74 Å². The number of ether oxygens (including phenoxy) is 1. The van der Waals surface area contributed by atoms with Gasteiger partial charge in [-0.1, -0.05) is 37.3 Å². The Hall–Kier alpha value is -2.04. The third-order valence-corrected chi connectivity index (χ3v) is 2.75. The molecule has 0 heterocycles. The minimum absolute atomic E-state index is 0.422. The molecule has 1 N–H and O–H groups in total. The highest BCUT2D eigenvalue weighted by molar-refractivity contribution is 5.79. The molecule has 0 fully saturated rings. The van der Waals surface area contributed by atoms with Gasteiger partial charge in [-0.15, -0.1) is 0 Å². The minimum atomic E-state index is -1.34. The van der Waals surface area contributed by atoms with Crippen LogP contribution in [0.1, 0.15) is 39.2 Å². The van der Waals surface area contributed by atoms with Crippen LogP contribution in [-0.4, -0.2) is 23.7 Å². The molecule has 110 valence electrons. The summed E-state index contributed by atoms with van der Waals surface area (Å²) in [6.07, 6.45) is -0.769. The minimum Gasteiger partial charge on any atom is -0.548 e. The van der Waals surface area contributed by atoms with Crippen molar-refractivity contribution in [2.45, 2.75) is 45.3 Å². The highest BCUT2D eigenvalue weighted by Crippen LogP contribution is 2.19. The molecule has 0 saturated heterocycles. The molecule has 1 aromatic carbocycles. The summed E-state index contributed by atoms with van der Waals surface area (Å²) in [6, 6.07) is 7.92. The number of rotatable bonds is 4. The lowest BCUT2D eigenvalue weighted by Crippen LogP contribution is -2.51. The van der Waals surface area contributed by atoms with Gasteiger partial charge in [-0.25, -0.2) is 4.79 Å². The molecule has 5 nitrogen and oxygen atoms in total. The third kappa shape index (κ3) is 4.91. The van der Waals surface area contributed by atoms with Crippen molar-refractivity contribution in [3.8, 4) is 0 Å². The Morgan fingerprint density at radius 2 is 1.75 bits per heavy atom. The van der Waals surface area contributed by atoms with Gasteiger partial charge in [0.25, 0.3) is 0 Å². The Balaban J connectivity index is 2.80. The van der Waals surface area contributed by atoms with E-state index < -0.39 is 29.6 Å². The monoisotopic (exact) mass is 278 g/mol. The summed E-state index contributed by atoms with van der Waals surface area (Å²) in [4.78, 5) is 22.9. The average Bonchev–Trinajstić information content (AvgIpc) is 2.34. The summed E-state index contributed by atoms with van der Waals surface area (Å²) in [5.74, 6) is -1.76. The molecule has 0 unspecified atom stereocenters. The summed E-state index contributed by atoms with van der Waals surface area (Å²) >= 11 is 0. The molecule has 20 heavy (non-hydrogen) atoms. The molecule has 2 atom stereocenters. The maximum Gasteiger partial charge on any atom is 0.408 e. The van der Waals surface area contributed by atoms with Gasteiger partial charge in [-0.2, -0.15) is 0 Å². The second-order valence-corrected chi connectivity index (χ2v) is 5.64. The summed E-state index contributed by atoms with van der Waals surface area (Å²) in [5, 5.41) is 13.6. The van der Waals surface area contributed by atoms with Crippen LogP contribution in [0.3, 0.4) is 0 Å². The quantitative estimate of drug-likeness (QED) is 0.903. The van der Waals surface area contributed by atoms with E-state index in [1.165, 1.54) is 0 Å². The first kappa shape index (κ1) is 16.0. The Bertz CT molecular complexity index is 465. The number of hydrogen-bond acceptors (Lipinski definition) is 4. The van der Waals surface area contributed by atoms with Crippen LogP contribution >= 0.6 is 0 Å². The zero-order chi connectivity index (χ0) is 15.3. The first-order valence-corrected chi connectivity index (χ1v) is 6.46. The zero-order valence-corrected chi connectivity index (χ0v) is 12.2. The number of carbonyl (C=O) groups is 2. The molecular formula is C15H20NO4-. The van der Waals surface area contributed by atoms with Gasteiger partial charge in [0.2, 0.25) is 0 Å². The van der Waals surface area contributed by atoms with E-state index in [1.54, 1.807) is 39.8 Å². The van der Waals surface area contributed by atoms with Gasteiger partial charge in [-0.05, 0) is 26.3 Å².